The van der Waals surface area contributed by atoms with Gasteiger partial charge in [0.25, 0.3) is 5.91 Å². The first-order valence-electron chi connectivity index (χ1n) is 6.51. The Balaban J connectivity index is 2.12. The summed E-state index contributed by atoms with van der Waals surface area (Å²) < 4.78 is 4.60. The molecule has 0 bridgehead atoms. The summed E-state index contributed by atoms with van der Waals surface area (Å²) in [5.41, 5.74) is 0.649. The summed E-state index contributed by atoms with van der Waals surface area (Å²) in [6, 6.07) is 7.05. The maximum absolute atomic E-state index is 12.4. The molecule has 0 atom stereocenters. The van der Waals surface area contributed by atoms with E-state index >= 15 is 0 Å². The molecule has 0 N–H and O–H groups in total. The number of esters is 1. The molecule has 0 saturated carbocycles. The summed E-state index contributed by atoms with van der Waals surface area (Å²) in [5, 5.41) is 1.98. The molecule has 2 aromatic rings. The number of hydrogen-bond donors (Lipinski definition) is 0. The maximum Gasteiger partial charge on any atom is 0.339 e. The van der Waals surface area contributed by atoms with Crippen molar-refractivity contribution in [3.63, 3.8) is 0 Å². The molecule has 1 amide bonds. The van der Waals surface area contributed by atoms with Crippen LogP contribution >= 0.6 is 11.3 Å². The lowest BCUT2D eigenvalue weighted by molar-refractivity contribution is 0.0599. The fourth-order valence-electron chi connectivity index (χ4n) is 1.84. The van der Waals surface area contributed by atoms with Crippen molar-refractivity contribution in [1.29, 1.82) is 0 Å². The van der Waals surface area contributed by atoms with Gasteiger partial charge < -0.3 is 9.64 Å². The van der Waals surface area contributed by atoms with E-state index in [4.69, 9.17) is 0 Å². The van der Waals surface area contributed by atoms with Crippen molar-refractivity contribution in [2.75, 3.05) is 13.7 Å². The van der Waals surface area contributed by atoms with Crippen LogP contribution in [0.2, 0.25) is 0 Å². The summed E-state index contributed by atoms with van der Waals surface area (Å²) in [6.45, 7) is 3.08. The van der Waals surface area contributed by atoms with Gasteiger partial charge in [-0.2, -0.15) is 0 Å². The molecule has 6 heteroatoms. The standard InChI is InChI=1S/C15H16N2O3S/c1-3-17(10-12-5-4-8-21-12)14(18)13-7-6-11(9-16-13)15(19)20-2/h4-9H,3,10H2,1-2H3. The molecule has 21 heavy (non-hydrogen) atoms. The second-order valence-corrected chi connectivity index (χ2v) is 5.35. The van der Waals surface area contributed by atoms with Gasteiger partial charge in [0.2, 0.25) is 0 Å². The largest absolute Gasteiger partial charge is 0.465 e. The molecule has 2 aromatic heterocycles. The molecule has 0 aromatic carbocycles. The zero-order valence-corrected chi connectivity index (χ0v) is 12.7. The predicted octanol–water partition coefficient (Wildman–Crippen LogP) is 2.59. The van der Waals surface area contributed by atoms with Crippen LogP contribution in [0.25, 0.3) is 0 Å². The molecular formula is C15H16N2O3S. The van der Waals surface area contributed by atoms with Crippen molar-refractivity contribution in [3.8, 4) is 0 Å². The topological polar surface area (TPSA) is 59.5 Å². The Labute approximate surface area is 127 Å². The molecule has 0 radical (unpaired) electrons. The van der Waals surface area contributed by atoms with Gasteiger partial charge in [-0.15, -0.1) is 11.3 Å². The molecule has 0 saturated heterocycles. The maximum atomic E-state index is 12.4. The van der Waals surface area contributed by atoms with Crippen LogP contribution in [0.5, 0.6) is 0 Å². The number of hydrogen-bond acceptors (Lipinski definition) is 5. The number of nitrogens with zero attached hydrogens (tertiary/aromatic N) is 2. The van der Waals surface area contributed by atoms with Crippen LogP contribution in [-0.2, 0) is 11.3 Å². The first-order chi connectivity index (χ1) is 10.2. The summed E-state index contributed by atoms with van der Waals surface area (Å²) in [5.74, 6) is -0.616. The Morgan fingerprint density at radius 3 is 2.67 bits per heavy atom. The molecule has 0 fully saturated rings. The molecule has 0 aliphatic heterocycles. The number of ether oxygens (including phenoxy) is 1. The van der Waals surface area contributed by atoms with Crippen molar-refractivity contribution < 1.29 is 14.3 Å². The van der Waals surface area contributed by atoms with Gasteiger partial charge in [-0.1, -0.05) is 6.07 Å². The second-order valence-electron chi connectivity index (χ2n) is 4.32. The fourth-order valence-corrected chi connectivity index (χ4v) is 2.56. The molecule has 2 heterocycles. The zero-order valence-electron chi connectivity index (χ0n) is 11.9. The Bertz CT molecular complexity index is 608. The average molecular weight is 304 g/mol. The number of methoxy groups -OCH3 is 1. The van der Waals surface area contributed by atoms with Crippen LogP contribution in [0, 0.1) is 0 Å². The fraction of sp³-hybridized carbons (Fsp3) is 0.267. The van der Waals surface area contributed by atoms with E-state index in [9.17, 15) is 9.59 Å². The van der Waals surface area contributed by atoms with E-state index in [1.807, 2.05) is 24.4 Å². The summed E-state index contributed by atoms with van der Waals surface area (Å²) in [4.78, 5) is 30.6. The van der Waals surface area contributed by atoms with E-state index < -0.39 is 5.97 Å². The molecule has 110 valence electrons. The Kier molecular flexibility index (Phi) is 5.05. The highest BCUT2D eigenvalue weighted by molar-refractivity contribution is 7.09. The Morgan fingerprint density at radius 2 is 2.14 bits per heavy atom. The van der Waals surface area contributed by atoms with Crippen molar-refractivity contribution in [2.24, 2.45) is 0 Å². The molecule has 2 rings (SSSR count). The van der Waals surface area contributed by atoms with Gasteiger partial charge in [0, 0.05) is 17.6 Å². The van der Waals surface area contributed by atoms with Crippen LogP contribution in [0.15, 0.2) is 35.8 Å². The van der Waals surface area contributed by atoms with Crippen molar-refractivity contribution in [3.05, 3.63) is 52.0 Å². The van der Waals surface area contributed by atoms with Gasteiger partial charge in [-0.25, -0.2) is 4.79 Å². The first kappa shape index (κ1) is 15.2. The highest BCUT2D eigenvalue weighted by Crippen LogP contribution is 2.14. The van der Waals surface area contributed by atoms with Crippen LogP contribution in [0.4, 0.5) is 0 Å². The highest BCUT2D eigenvalue weighted by atomic mass is 32.1. The van der Waals surface area contributed by atoms with Gasteiger partial charge >= 0.3 is 5.97 Å². The summed E-state index contributed by atoms with van der Waals surface area (Å²) >= 11 is 1.61. The van der Waals surface area contributed by atoms with E-state index in [1.165, 1.54) is 13.3 Å². The monoisotopic (exact) mass is 304 g/mol. The zero-order chi connectivity index (χ0) is 15.2. The van der Waals surface area contributed by atoms with Crippen molar-refractivity contribution >= 4 is 23.2 Å². The van der Waals surface area contributed by atoms with E-state index in [0.717, 1.165) is 4.88 Å². The lowest BCUT2D eigenvalue weighted by Crippen LogP contribution is -2.30. The van der Waals surface area contributed by atoms with Gasteiger partial charge in [-0.3, -0.25) is 9.78 Å². The second kappa shape index (κ2) is 6.99. The van der Waals surface area contributed by atoms with Crippen molar-refractivity contribution in [1.82, 2.24) is 9.88 Å². The number of thiophene rings is 1. The quantitative estimate of drug-likeness (QED) is 0.797. The lowest BCUT2D eigenvalue weighted by Gasteiger charge is -2.19. The van der Waals surface area contributed by atoms with Crippen molar-refractivity contribution in [2.45, 2.75) is 13.5 Å². The number of carbonyl (C=O) groups is 2. The smallest absolute Gasteiger partial charge is 0.339 e. The Morgan fingerprint density at radius 1 is 1.33 bits per heavy atom. The highest BCUT2D eigenvalue weighted by Gasteiger charge is 2.17. The minimum Gasteiger partial charge on any atom is -0.465 e. The van der Waals surface area contributed by atoms with Crippen LogP contribution in [0.1, 0.15) is 32.6 Å². The van der Waals surface area contributed by atoms with Crippen LogP contribution in [0.3, 0.4) is 0 Å². The minimum atomic E-state index is -0.465. The molecule has 0 aliphatic carbocycles. The van der Waals surface area contributed by atoms with Gasteiger partial charge in [0.1, 0.15) is 5.69 Å². The van der Waals surface area contributed by atoms with E-state index in [1.54, 1.807) is 28.4 Å². The third kappa shape index (κ3) is 3.66. The predicted molar refractivity (Wildman–Crippen MR) is 80.3 cm³/mol. The van der Waals surface area contributed by atoms with Crippen LogP contribution < -0.4 is 0 Å². The molecular weight excluding hydrogens is 288 g/mol. The van der Waals surface area contributed by atoms with E-state index in [0.29, 0.717) is 24.3 Å². The van der Waals surface area contributed by atoms with Gasteiger partial charge in [-0.05, 0) is 30.5 Å². The molecule has 0 spiro atoms. The molecule has 0 aliphatic rings. The first-order valence-corrected chi connectivity index (χ1v) is 7.39. The normalized spacial score (nSPS) is 10.2. The molecule has 0 unspecified atom stereocenters. The molecule has 5 nitrogen and oxygen atoms in total. The average Bonchev–Trinajstić information content (AvgIpc) is 3.04. The summed E-state index contributed by atoms with van der Waals surface area (Å²) in [6.07, 6.45) is 1.36. The Hall–Kier alpha value is -2.21. The van der Waals surface area contributed by atoms with Gasteiger partial charge in [0.05, 0.1) is 19.2 Å². The SMILES string of the molecule is CCN(Cc1cccs1)C(=O)c1ccc(C(=O)OC)cn1. The number of pyridine rings is 1. The summed E-state index contributed by atoms with van der Waals surface area (Å²) in [7, 11) is 1.31. The minimum absolute atomic E-state index is 0.151. The number of aromatic nitrogens is 1. The lowest BCUT2D eigenvalue weighted by atomic mass is 10.2. The number of rotatable bonds is 5. The number of carbonyl (C=O) groups excluding carboxylic acids is 2. The number of amides is 1. The third-order valence-electron chi connectivity index (χ3n) is 3.00. The van der Waals surface area contributed by atoms with E-state index in [2.05, 4.69) is 9.72 Å². The van der Waals surface area contributed by atoms with Crippen LogP contribution in [-0.4, -0.2) is 35.4 Å². The third-order valence-corrected chi connectivity index (χ3v) is 3.86. The van der Waals surface area contributed by atoms with E-state index in [-0.39, 0.29) is 5.91 Å². The van der Waals surface area contributed by atoms with Gasteiger partial charge in [0.15, 0.2) is 0 Å².